The van der Waals surface area contributed by atoms with Gasteiger partial charge in [0, 0.05) is 23.9 Å². The number of nitrogens with zero attached hydrogens (tertiary/aromatic N) is 1. The van der Waals surface area contributed by atoms with Gasteiger partial charge in [0.1, 0.15) is 5.75 Å². The fraction of sp³-hybridized carbons (Fsp3) is 0.250. The Hall–Kier alpha value is -1.81. The summed E-state index contributed by atoms with van der Waals surface area (Å²) in [4.78, 5) is 0. The average molecular weight is 217 g/mol. The minimum absolute atomic E-state index is 0.457. The fourth-order valence-corrected chi connectivity index (χ4v) is 1.48. The minimum atomic E-state index is 0.457. The fourth-order valence-electron chi connectivity index (χ4n) is 1.48. The number of hydrogen-bond acceptors (Lipinski definition) is 3. The van der Waals surface area contributed by atoms with E-state index in [9.17, 15) is 0 Å². The molecule has 0 fully saturated rings. The molecule has 0 aliphatic rings. The highest BCUT2D eigenvalue weighted by molar-refractivity contribution is 5.39. The summed E-state index contributed by atoms with van der Waals surface area (Å²) < 4.78 is 5.68. The molecule has 84 valence electrons. The molecule has 0 unspecified atom stereocenters. The van der Waals surface area contributed by atoms with Crippen LogP contribution in [0.4, 0.5) is 0 Å². The zero-order valence-corrected chi connectivity index (χ0v) is 9.45. The first-order valence-electron chi connectivity index (χ1n) is 5.18. The Bertz CT molecular complexity index is 491. The van der Waals surface area contributed by atoms with Crippen molar-refractivity contribution in [2.45, 2.75) is 20.4 Å². The predicted octanol–water partition coefficient (Wildman–Crippen LogP) is 2.28. The van der Waals surface area contributed by atoms with Crippen LogP contribution >= 0.6 is 0 Å². The molecule has 0 atom stereocenters. The number of hydrogen-bond donors (Lipinski definition) is 2. The van der Waals surface area contributed by atoms with E-state index in [2.05, 4.69) is 10.2 Å². The number of rotatable bonds is 3. The molecule has 0 aliphatic carbocycles. The standard InChI is InChI=1S/C12H15N3O/c1-8-3-4-10(7-13)11(5-8)16-12-6-9(2)14-15-12/h3-6H,7,13H2,1-2H3,(H,14,15). The van der Waals surface area contributed by atoms with Crippen molar-refractivity contribution in [2.75, 3.05) is 0 Å². The number of ether oxygens (including phenoxy) is 1. The van der Waals surface area contributed by atoms with Gasteiger partial charge in [-0.05, 0) is 25.5 Å². The smallest absolute Gasteiger partial charge is 0.238 e. The van der Waals surface area contributed by atoms with Crippen molar-refractivity contribution in [1.82, 2.24) is 10.2 Å². The SMILES string of the molecule is Cc1ccc(CN)c(Oc2cc(C)[nH]n2)c1. The van der Waals surface area contributed by atoms with E-state index in [0.717, 1.165) is 22.6 Å². The summed E-state index contributed by atoms with van der Waals surface area (Å²) in [5, 5.41) is 6.86. The highest BCUT2D eigenvalue weighted by Crippen LogP contribution is 2.25. The third-order valence-corrected chi connectivity index (χ3v) is 2.34. The molecular formula is C12H15N3O. The van der Waals surface area contributed by atoms with Crippen molar-refractivity contribution in [3.05, 3.63) is 41.1 Å². The van der Waals surface area contributed by atoms with E-state index in [-0.39, 0.29) is 0 Å². The first kappa shape index (κ1) is 10.7. The van der Waals surface area contributed by atoms with Gasteiger partial charge in [0.25, 0.3) is 0 Å². The van der Waals surface area contributed by atoms with E-state index in [4.69, 9.17) is 10.5 Å². The van der Waals surface area contributed by atoms with Gasteiger partial charge in [-0.25, -0.2) is 0 Å². The van der Waals surface area contributed by atoms with Crippen LogP contribution < -0.4 is 10.5 Å². The van der Waals surface area contributed by atoms with Gasteiger partial charge in [0.2, 0.25) is 5.88 Å². The van der Waals surface area contributed by atoms with Gasteiger partial charge in [0.15, 0.2) is 0 Å². The van der Waals surface area contributed by atoms with Crippen LogP contribution in [0.2, 0.25) is 0 Å². The molecule has 16 heavy (non-hydrogen) atoms. The Kier molecular flexibility index (Phi) is 2.92. The summed E-state index contributed by atoms with van der Waals surface area (Å²) in [7, 11) is 0. The van der Waals surface area contributed by atoms with Crippen LogP contribution in [-0.4, -0.2) is 10.2 Å². The van der Waals surface area contributed by atoms with E-state index in [1.165, 1.54) is 0 Å². The number of aryl methyl sites for hydroxylation is 2. The van der Waals surface area contributed by atoms with Crippen LogP contribution in [-0.2, 0) is 6.54 Å². The molecule has 0 saturated carbocycles. The Morgan fingerprint density at radius 3 is 2.75 bits per heavy atom. The molecule has 1 aromatic carbocycles. The number of nitrogens with two attached hydrogens (primary N) is 1. The van der Waals surface area contributed by atoms with Gasteiger partial charge in [-0.3, -0.25) is 5.10 Å². The van der Waals surface area contributed by atoms with Crippen molar-refractivity contribution < 1.29 is 4.74 Å². The zero-order chi connectivity index (χ0) is 11.5. The Balaban J connectivity index is 2.29. The summed E-state index contributed by atoms with van der Waals surface area (Å²) >= 11 is 0. The quantitative estimate of drug-likeness (QED) is 0.829. The van der Waals surface area contributed by atoms with Gasteiger partial charge in [0.05, 0.1) is 0 Å². The molecule has 4 heteroatoms. The van der Waals surface area contributed by atoms with Crippen molar-refractivity contribution in [1.29, 1.82) is 0 Å². The highest BCUT2D eigenvalue weighted by Gasteiger charge is 2.06. The molecule has 0 saturated heterocycles. The lowest BCUT2D eigenvalue weighted by atomic mass is 10.1. The van der Waals surface area contributed by atoms with Crippen molar-refractivity contribution in [2.24, 2.45) is 5.73 Å². The molecule has 2 aromatic rings. The maximum atomic E-state index is 5.68. The summed E-state index contributed by atoms with van der Waals surface area (Å²) in [5.41, 5.74) is 8.74. The van der Waals surface area contributed by atoms with Crippen LogP contribution in [0, 0.1) is 13.8 Å². The average Bonchev–Trinajstić information content (AvgIpc) is 2.64. The Morgan fingerprint density at radius 1 is 1.31 bits per heavy atom. The zero-order valence-electron chi connectivity index (χ0n) is 9.45. The molecule has 4 nitrogen and oxygen atoms in total. The Morgan fingerprint density at radius 2 is 2.12 bits per heavy atom. The minimum Gasteiger partial charge on any atom is -0.437 e. The molecule has 1 heterocycles. The molecule has 0 aliphatic heterocycles. The van der Waals surface area contributed by atoms with Gasteiger partial charge < -0.3 is 10.5 Å². The van der Waals surface area contributed by atoms with Crippen LogP contribution in [0.5, 0.6) is 11.6 Å². The second kappa shape index (κ2) is 4.37. The van der Waals surface area contributed by atoms with Gasteiger partial charge in [-0.15, -0.1) is 5.10 Å². The summed E-state index contributed by atoms with van der Waals surface area (Å²) in [6.45, 7) is 4.40. The third kappa shape index (κ3) is 2.23. The number of H-pyrrole nitrogens is 1. The lowest BCUT2D eigenvalue weighted by Crippen LogP contribution is -1.99. The maximum absolute atomic E-state index is 5.68. The predicted molar refractivity (Wildman–Crippen MR) is 62.5 cm³/mol. The van der Waals surface area contributed by atoms with Crippen molar-refractivity contribution >= 4 is 0 Å². The summed E-state index contributed by atoms with van der Waals surface area (Å²) in [6, 6.07) is 7.81. The number of aromatic amines is 1. The molecule has 3 N–H and O–H groups in total. The molecule has 2 rings (SSSR count). The second-order valence-corrected chi connectivity index (χ2v) is 3.81. The van der Waals surface area contributed by atoms with Gasteiger partial charge in [-0.2, -0.15) is 0 Å². The van der Waals surface area contributed by atoms with E-state index >= 15 is 0 Å². The number of aromatic nitrogens is 2. The van der Waals surface area contributed by atoms with Crippen LogP contribution in [0.1, 0.15) is 16.8 Å². The van der Waals surface area contributed by atoms with Gasteiger partial charge in [-0.1, -0.05) is 12.1 Å². The van der Waals surface area contributed by atoms with Crippen LogP contribution in [0.3, 0.4) is 0 Å². The van der Waals surface area contributed by atoms with Crippen molar-refractivity contribution in [3.8, 4) is 11.6 Å². The molecule has 0 spiro atoms. The van der Waals surface area contributed by atoms with E-state index in [0.29, 0.717) is 12.4 Å². The number of benzene rings is 1. The number of nitrogens with one attached hydrogen (secondary N) is 1. The first-order chi connectivity index (χ1) is 7.69. The molecule has 0 amide bonds. The normalized spacial score (nSPS) is 10.4. The molecular weight excluding hydrogens is 202 g/mol. The van der Waals surface area contributed by atoms with Gasteiger partial charge >= 0.3 is 0 Å². The van der Waals surface area contributed by atoms with E-state index in [1.807, 2.05) is 38.1 Å². The lowest BCUT2D eigenvalue weighted by Gasteiger charge is -2.08. The second-order valence-electron chi connectivity index (χ2n) is 3.81. The lowest BCUT2D eigenvalue weighted by molar-refractivity contribution is 0.455. The van der Waals surface area contributed by atoms with E-state index in [1.54, 1.807) is 0 Å². The third-order valence-electron chi connectivity index (χ3n) is 2.34. The monoisotopic (exact) mass is 217 g/mol. The summed E-state index contributed by atoms with van der Waals surface area (Å²) in [5.74, 6) is 1.34. The van der Waals surface area contributed by atoms with Crippen LogP contribution in [0.15, 0.2) is 24.3 Å². The van der Waals surface area contributed by atoms with E-state index < -0.39 is 0 Å². The van der Waals surface area contributed by atoms with Crippen LogP contribution in [0.25, 0.3) is 0 Å². The molecule has 0 bridgehead atoms. The maximum Gasteiger partial charge on any atom is 0.238 e. The molecule has 1 aromatic heterocycles. The largest absolute Gasteiger partial charge is 0.437 e. The Labute approximate surface area is 94.4 Å². The molecule has 0 radical (unpaired) electrons. The highest BCUT2D eigenvalue weighted by atomic mass is 16.5. The van der Waals surface area contributed by atoms with Crippen molar-refractivity contribution in [3.63, 3.8) is 0 Å². The topological polar surface area (TPSA) is 63.9 Å². The summed E-state index contributed by atoms with van der Waals surface area (Å²) in [6.07, 6.45) is 0. The first-order valence-corrected chi connectivity index (χ1v) is 5.18.